The summed E-state index contributed by atoms with van der Waals surface area (Å²) in [6.45, 7) is 1.42. The topological polar surface area (TPSA) is 120 Å². The average Bonchev–Trinajstić information content (AvgIpc) is 3.32. The number of hydrogen-bond donors (Lipinski definition) is 3. The Kier molecular flexibility index (Phi) is 7.84. The van der Waals surface area contributed by atoms with Gasteiger partial charge in [0, 0.05) is 0 Å². The van der Waals surface area contributed by atoms with Crippen LogP contribution in [0.25, 0.3) is 0 Å². The normalized spacial score (nSPS) is 20.3. The quantitative estimate of drug-likeness (QED) is 0.229. The molecule has 1 saturated heterocycles. The monoisotopic (exact) mass is 607 g/mol. The molecule has 1 amide bonds. The van der Waals surface area contributed by atoms with Gasteiger partial charge in [0.2, 0.25) is 5.91 Å². The van der Waals surface area contributed by atoms with Gasteiger partial charge < -0.3 is 25.8 Å². The first-order valence-electron chi connectivity index (χ1n) is 13.3. The van der Waals surface area contributed by atoms with E-state index in [1.807, 2.05) is 0 Å². The van der Waals surface area contributed by atoms with Crippen LogP contribution in [0.1, 0.15) is 32.1 Å². The highest BCUT2D eigenvalue weighted by molar-refractivity contribution is 7.93. The summed E-state index contributed by atoms with van der Waals surface area (Å²) >= 11 is 0. The van der Waals surface area contributed by atoms with Crippen molar-refractivity contribution in [3.63, 3.8) is 0 Å². The Bertz CT molecular complexity index is 1560. The van der Waals surface area contributed by atoms with Crippen LogP contribution in [0.15, 0.2) is 71.6 Å². The summed E-state index contributed by atoms with van der Waals surface area (Å²) in [6.07, 6.45) is -2.65. The van der Waals surface area contributed by atoms with E-state index in [1.165, 1.54) is 42.5 Å². The van der Waals surface area contributed by atoms with Gasteiger partial charge in [-0.1, -0.05) is 0 Å². The maximum absolute atomic E-state index is 14.3. The summed E-state index contributed by atoms with van der Waals surface area (Å²) in [7, 11) is -4.28. The number of hydrogen-bond acceptors (Lipinski definition) is 7. The lowest BCUT2D eigenvalue weighted by Crippen LogP contribution is -2.49. The number of rotatable bonds is 7. The lowest BCUT2D eigenvalue weighted by molar-refractivity contribution is -0.274. The number of sulfone groups is 1. The number of carbonyl (C=O) groups excluding carboxylic acids is 1. The highest BCUT2D eigenvalue weighted by Crippen LogP contribution is 2.54. The molecule has 1 heterocycles. The summed E-state index contributed by atoms with van der Waals surface area (Å²) in [5.74, 6) is -1.38. The molecule has 2 fully saturated rings. The summed E-state index contributed by atoms with van der Waals surface area (Å²) in [4.78, 5) is 13.8. The van der Waals surface area contributed by atoms with Crippen LogP contribution in [0.5, 0.6) is 17.2 Å². The van der Waals surface area contributed by atoms with Crippen molar-refractivity contribution in [1.82, 2.24) is 5.32 Å². The highest BCUT2D eigenvalue weighted by Gasteiger charge is 2.60. The van der Waals surface area contributed by atoms with E-state index < -0.39 is 38.4 Å². The van der Waals surface area contributed by atoms with Crippen LogP contribution in [0.2, 0.25) is 0 Å². The molecule has 1 spiro atoms. The highest BCUT2D eigenvalue weighted by atomic mass is 32.2. The third-order valence-corrected chi connectivity index (χ3v) is 10.5. The van der Waals surface area contributed by atoms with Crippen LogP contribution in [0.3, 0.4) is 0 Å². The third kappa shape index (κ3) is 6.02. The van der Waals surface area contributed by atoms with Gasteiger partial charge >= 0.3 is 6.36 Å². The van der Waals surface area contributed by atoms with Crippen molar-refractivity contribution in [2.24, 2.45) is 5.41 Å². The molecule has 8 nitrogen and oxygen atoms in total. The molecular weight excluding hydrogens is 578 g/mol. The summed E-state index contributed by atoms with van der Waals surface area (Å²) in [6, 6.07) is 13.7. The molecule has 0 bridgehead atoms. The number of ether oxygens (including phenoxy) is 2. The molecule has 2 aliphatic rings. The lowest BCUT2D eigenvalue weighted by Gasteiger charge is -2.36. The van der Waals surface area contributed by atoms with Crippen molar-refractivity contribution >= 4 is 27.1 Å². The molecule has 3 aromatic carbocycles. The van der Waals surface area contributed by atoms with Gasteiger partial charge in [0.05, 0.1) is 16.3 Å². The Hall–Kier alpha value is -3.84. The van der Waals surface area contributed by atoms with Crippen LogP contribution in [-0.4, -0.2) is 38.5 Å². The zero-order valence-electron chi connectivity index (χ0n) is 22.3. The number of piperidine rings is 1. The van der Waals surface area contributed by atoms with Gasteiger partial charge in [-0.05, 0) is 117 Å². The van der Waals surface area contributed by atoms with Crippen LogP contribution in [0, 0.1) is 11.2 Å². The first kappa shape index (κ1) is 29.6. The maximum atomic E-state index is 14.3. The lowest BCUT2D eigenvalue weighted by atomic mass is 9.77. The van der Waals surface area contributed by atoms with Gasteiger partial charge in [-0.3, -0.25) is 4.79 Å². The zero-order chi connectivity index (χ0) is 30.2. The fourth-order valence-corrected chi connectivity index (χ4v) is 7.92. The molecule has 224 valence electrons. The Morgan fingerprint density at radius 3 is 2.10 bits per heavy atom. The SMILES string of the molecule is Nc1ccc(F)cc1NC(=O)C1(S(=O)(=O)c2ccc(Oc3ccc(OC(F)(F)F)cc3)cc2)CCC2(CCNCC2)C1. The van der Waals surface area contributed by atoms with E-state index in [1.54, 1.807) is 0 Å². The second-order valence-corrected chi connectivity index (χ2v) is 13.0. The molecule has 13 heteroatoms. The van der Waals surface area contributed by atoms with Crippen LogP contribution >= 0.6 is 0 Å². The predicted octanol–water partition coefficient (Wildman–Crippen LogP) is 5.80. The van der Waals surface area contributed by atoms with Crippen LogP contribution in [0.4, 0.5) is 28.9 Å². The van der Waals surface area contributed by atoms with E-state index >= 15 is 0 Å². The van der Waals surface area contributed by atoms with E-state index in [9.17, 15) is 30.8 Å². The third-order valence-electron chi connectivity index (χ3n) is 8.00. The van der Waals surface area contributed by atoms with Crippen LogP contribution in [-0.2, 0) is 14.6 Å². The Morgan fingerprint density at radius 1 is 0.881 bits per heavy atom. The molecule has 3 aromatic rings. The number of carbonyl (C=O) groups is 1. The molecule has 1 aliphatic heterocycles. The van der Waals surface area contributed by atoms with Gasteiger partial charge in [-0.25, -0.2) is 12.8 Å². The molecular formula is C29H29F4N3O5S. The molecule has 0 radical (unpaired) electrons. The minimum atomic E-state index is -4.82. The van der Waals surface area contributed by atoms with Gasteiger partial charge in [0.1, 0.15) is 23.1 Å². The molecule has 1 saturated carbocycles. The molecule has 42 heavy (non-hydrogen) atoms. The standard InChI is InChI=1S/C29H29F4N3O5S/c30-19-1-10-24(34)25(17-19)36-26(37)28(12-11-27(18-28)13-15-35-16-14-27)42(38,39)23-8-6-21(7-9-23)40-20-2-4-22(5-3-20)41-29(31,32)33/h1-10,17,35H,11-16,18,34H2,(H,36,37). The van der Waals surface area contributed by atoms with Crippen LogP contribution < -0.4 is 25.8 Å². The largest absolute Gasteiger partial charge is 0.573 e. The minimum Gasteiger partial charge on any atom is -0.457 e. The van der Waals surface area contributed by atoms with Crippen molar-refractivity contribution in [2.75, 3.05) is 24.1 Å². The van der Waals surface area contributed by atoms with Crippen molar-refractivity contribution in [2.45, 2.75) is 48.1 Å². The fourth-order valence-electron chi connectivity index (χ4n) is 5.81. The van der Waals surface area contributed by atoms with E-state index in [0.29, 0.717) is 19.5 Å². The Balaban J connectivity index is 1.41. The number of nitrogens with two attached hydrogens (primary N) is 1. The summed E-state index contributed by atoms with van der Waals surface area (Å²) < 4.78 is 87.4. The second kappa shape index (κ2) is 11.1. The molecule has 5 rings (SSSR count). The summed E-state index contributed by atoms with van der Waals surface area (Å²) in [5.41, 5.74) is 5.70. The van der Waals surface area contributed by atoms with Gasteiger partial charge in [-0.15, -0.1) is 13.2 Å². The number of anilines is 2. The van der Waals surface area contributed by atoms with Crippen molar-refractivity contribution < 1.29 is 40.2 Å². The number of nitrogen functional groups attached to an aromatic ring is 1. The smallest absolute Gasteiger partial charge is 0.457 e. The fraction of sp³-hybridized carbons (Fsp3) is 0.345. The molecule has 1 atom stereocenters. The van der Waals surface area contributed by atoms with Gasteiger partial charge in [0.25, 0.3) is 0 Å². The first-order valence-corrected chi connectivity index (χ1v) is 14.7. The average molecular weight is 608 g/mol. The number of benzene rings is 3. The second-order valence-electron chi connectivity index (χ2n) is 10.7. The summed E-state index contributed by atoms with van der Waals surface area (Å²) in [5, 5.41) is 5.87. The number of alkyl halides is 3. The van der Waals surface area contributed by atoms with E-state index in [-0.39, 0.29) is 46.0 Å². The Labute approximate surface area is 240 Å². The van der Waals surface area contributed by atoms with Gasteiger partial charge in [-0.2, -0.15) is 0 Å². The molecule has 1 aliphatic carbocycles. The van der Waals surface area contributed by atoms with Crippen molar-refractivity contribution in [1.29, 1.82) is 0 Å². The molecule has 1 unspecified atom stereocenters. The number of nitrogens with one attached hydrogen (secondary N) is 2. The predicted molar refractivity (Wildman–Crippen MR) is 147 cm³/mol. The molecule has 4 N–H and O–H groups in total. The molecule has 0 aromatic heterocycles. The van der Waals surface area contributed by atoms with E-state index in [2.05, 4.69) is 15.4 Å². The Morgan fingerprint density at radius 2 is 1.48 bits per heavy atom. The number of amides is 1. The first-order chi connectivity index (χ1) is 19.8. The van der Waals surface area contributed by atoms with Gasteiger partial charge in [0.15, 0.2) is 14.6 Å². The van der Waals surface area contributed by atoms with Crippen molar-refractivity contribution in [3.05, 3.63) is 72.5 Å². The number of halogens is 4. The van der Waals surface area contributed by atoms with E-state index in [0.717, 1.165) is 37.1 Å². The maximum Gasteiger partial charge on any atom is 0.573 e. The minimum absolute atomic E-state index is 0.00349. The van der Waals surface area contributed by atoms with E-state index in [4.69, 9.17) is 10.5 Å². The van der Waals surface area contributed by atoms with Crippen molar-refractivity contribution in [3.8, 4) is 17.2 Å². The zero-order valence-corrected chi connectivity index (χ0v) is 23.2.